The van der Waals surface area contributed by atoms with Gasteiger partial charge in [-0.1, -0.05) is 43.5 Å². The summed E-state index contributed by atoms with van der Waals surface area (Å²) in [6, 6.07) is 5.30. The van der Waals surface area contributed by atoms with Gasteiger partial charge in [-0.2, -0.15) is 0 Å². The van der Waals surface area contributed by atoms with Gasteiger partial charge >= 0.3 is 0 Å². The van der Waals surface area contributed by atoms with Gasteiger partial charge < -0.3 is 5.32 Å². The van der Waals surface area contributed by atoms with Gasteiger partial charge in [0, 0.05) is 4.47 Å². The molecule has 0 unspecified atom stereocenters. The van der Waals surface area contributed by atoms with E-state index < -0.39 is 4.32 Å². The third-order valence-corrected chi connectivity index (χ3v) is 2.90. The van der Waals surface area contributed by atoms with Crippen molar-refractivity contribution in [1.29, 1.82) is 0 Å². The average Bonchev–Trinajstić information content (AvgIpc) is 2.09. The number of carbonyl (C=O) groups excluding carboxylic acids is 1. The van der Waals surface area contributed by atoms with Crippen molar-refractivity contribution in [1.82, 2.24) is 0 Å². The van der Waals surface area contributed by atoms with E-state index in [4.69, 9.17) is 11.6 Å². The Balaban J connectivity index is 2.90. The third-order valence-electron chi connectivity index (χ3n) is 1.72. The molecule has 1 rings (SSSR count). The van der Waals surface area contributed by atoms with Crippen LogP contribution in [-0.4, -0.2) is 10.2 Å². The third kappa shape index (κ3) is 3.78. The number of halogens is 3. The van der Waals surface area contributed by atoms with E-state index in [2.05, 4.69) is 37.2 Å². The number of carbonyl (C=O) groups is 1. The topological polar surface area (TPSA) is 29.1 Å². The number of anilines is 1. The lowest BCUT2D eigenvalue weighted by atomic mass is 10.2. The van der Waals surface area contributed by atoms with E-state index in [1.165, 1.54) is 0 Å². The van der Waals surface area contributed by atoms with Gasteiger partial charge in [0.1, 0.15) is 0 Å². The highest BCUT2D eigenvalue weighted by Crippen LogP contribution is 2.27. The van der Waals surface area contributed by atoms with Gasteiger partial charge in [0.05, 0.1) is 15.0 Å². The number of rotatable bonds is 2. The second-order valence-corrected chi connectivity index (χ2v) is 6.86. The minimum absolute atomic E-state index is 0.137. The molecule has 0 spiro atoms. The van der Waals surface area contributed by atoms with Crippen molar-refractivity contribution in [2.75, 3.05) is 5.32 Å². The van der Waals surface area contributed by atoms with Crippen LogP contribution in [0.5, 0.6) is 0 Å². The molecule has 1 amide bonds. The summed E-state index contributed by atoms with van der Waals surface area (Å²) in [7, 11) is 0. The Morgan fingerprint density at radius 3 is 2.60 bits per heavy atom. The zero-order chi connectivity index (χ0) is 11.6. The van der Waals surface area contributed by atoms with E-state index in [9.17, 15) is 4.79 Å². The van der Waals surface area contributed by atoms with Crippen LogP contribution >= 0.6 is 43.5 Å². The highest BCUT2D eigenvalue weighted by Gasteiger charge is 2.24. The largest absolute Gasteiger partial charge is 0.324 e. The fourth-order valence-corrected chi connectivity index (χ4v) is 1.49. The van der Waals surface area contributed by atoms with E-state index in [0.29, 0.717) is 10.7 Å². The summed E-state index contributed by atoms with van der Waals surface area (Å²) in [6.45, 7) is 3.54. The first kappa shape index (κ1) is 13.0. The van der Waals surface area contributed by atoms with Crippen LogP contribution in [0.1, 0.15) is 13.8 Å². The van der Waals surface area contributed by atoms with Crippen LogP contribution < -0.4 is 5.32 Å². The molecule has 0 aliphatic rings. The Kier molecular flexibility index (Phi) is 4.20. The van der Waals surface area contributed by atoms with Crippen molar-refractivity contribution in [2.45, 2.75) is 18.2 Å². The first-order chi connectivity index (χ1) is 6.80. The van der Waals surface area contributed by atoms with Crippen LogP contribution in [-0.2, 0) is 4.79 Å². The molecule has 1 N–H and O–H groups in total. The molecule has 0 bridgehead atoms. The number of nitrogens with one attached hydrogen (secondary N) is 1. The van der Waals surface area contributed by atoms with Crippen LogP contribution in [0.25, 0.3) is 0 Å². The van der Waals surface area contributed by atoms with Crippen molar-refractivity contribution in [3.05, 3.63) is 27.7 Å². The SMILES string of the molecule is CC(C)(Br)C(=O)Nc1cc(Br)ccc1Cl. The molecular formula is C10H10Br2ClNO. The minimum atomic E-state index is -0.612. The molecule has 15 heavy (non-hydrogen) atoms. The predicted octanol–water partition coefficient (Wildman–Crippen LogP) is 4.21. The second-order valence-electron chi connectivity index (χ2n) is 3.55. The lowest BCUT2D eigenvalue weighted by molar-refractivity contribution is -0.117. The van der Waals surface area contributed by atoms with Gasteiger partial charge in [-0.05, 0) is 32.0 Å². The van der Waals surface area contributed by atoms with E-state index in [-0.39, 0.29) is 5.91 Å². The molecule has 82 valence electrons. The van der Waals surface area contributed by atoms with E-state index in [1.807, 2.05) is 6.07 Å². The van der Waals surface area contributed by atoms with Gasteiger partial charge in [-0.15, -0.1) is 0 Å². The molecule has 0 heterocycles. The summed E-state index contributed by atoms with van der Waals surface area (Å²) in [4.78, 5) is 11.7. The molecular weight excluding hydrogens is 345 g/mol. The maximum absolute atomic E-state index is 11.7. The highest BCUT2D eigenvalue weighted by atomic mass is 79.9. The number of hydrogen-bond donors (Lipinski definition) is 1. The monoisotopic (exact) mass is 353 g/mol. The van der Waals surface area contributed by atoms with E-state index >= 15 is 0 Å². The van der Waals surface area contributed by atoms with Gasteiger partial charge in [-0.25, -0.2) is 0 Å². The van der Waals surface area contributed by atoms with Gasteiger partial charge in [0.15, 0.2) is 0 Å². The van der Waals surface area contributed by atoms with Crippen molar-refractivity contribution in [2.24, 2.45) is 0 Å². The summed E-state index contributed by atoms with van der Waals surface area (Å²) in [5.41, 5.74) is 0.601. The highest BCUT2D eigenvalue weighted by molar-refractivity contribution is 9.10. The molecule has 0 aliphatic carbocycles. The quantitative estimate of drug-likeness (QED) is 0.791. The number of amides is 1. The normalized spacial score (nSPS) is 11.3. The van der Waals surface area contributed by atoms with Crippen molar-refractivity contribution in [3.63, 3.8) is 0 Å². The Bertz CT molecular complexity index is 387. The first-order valence-electron chi connectivity index (χ1n) is 4.26. The van der Waals surface area contributed by atoms with Crippen LogP contribution in [0.4, 0.5) is 5.69 Å². The number of hydrogen-bond acceptors (Lipinski definition) is 1. The minimum Gasteiger partial charge on any atom is -0.324 e. The maximum Gasteiger partial charge on any atom is 0.240 e. The van der Waals surface area contributed by atoms with Crippen LogP contribution in [0.2, 0.25) is 5.02 Å². The van der Waals surface area contributed by atoms with Gasteiger partial charge in [-0.3, -0.25) is 4.79 Å². The standard InChI is InChI=1S/C10H10Br2ClNO/c1-10(2,12)9(15)14-8-5-6(11)3-4-7(8)13/h3-5H,1-2H3,(H,14,15). The molecule has 2 nitrogen and oxygen atoms in total. The molecule has 0 saturated carbocycles. The smallest absolute Gasteiger partial charge is 0.240 e. The molecule has 0 saturated heterocycles. The Morgan fingerprint density at radius 1 is 1.47 bits per heavy atom. The zero-order valence-corrected chi connectivity index (χ0v) is 12.2. The van der Waals surface area contributed by atoms with Crippen molar-refractivity contribution in [3.8, 4) is 0 Å². The predicted molar refractivity (Wildman–Crippen MR) is 70.8 cm³/mol. The van der Waals surface area contributed by atoms with Crippen molar-refractivity contribution >= 4 is 55.1 Å². The zero-order valence-electron chi connectivity index (χ0n) is 8.27. The van der Waals surface area contributed by atoms with Crippen LogP contribution in [0.15, 0.2) is 22.7 Å². The second kappa shape index (κ2) is 4.85. The van der Waals surface area contributed by atoms with E-state index in [0.717, 1.165) is 4.47 Å². The first-order valence-corrected chi connectivity index (χ1v) is 6.22. The maximum atomic E-state index is 11.7. The summed E-state index contributed by atoms with van der Waals surface area (Å²) in [5, 5.41) is 3.26. The average molecular weight is 355 g/mol. The molecule has 1 aromatic carbocycles. The molecule has 0 radical (unpaired) electrons. The fourth-order valence-electron chi connectivity index (χ4n) is 0.864. The van der Waals surface area contributed by atoms with Crippen LogP contribution in [0, 0.1) is 0 Å². The lowest BCUT2D eigenvalue weighted by Gasteiger charge is -2.16. The molecule has 0 fully saturated rings. The Hall–Kier alpha value is -0.0600. The summed E-state index contributed by atoms with van der Waals surface area (Å²) >= 11 is 12.5. The number of alkyl halides is 1. The van der Waals surface area contributed by atoms with Gasteiger partial charge in [0.2, 0.25) is 5.91 Å². The summed E-state index contributed by atoms with van der Waals surface area (Å²) in [5.74, 6) is -0.137. The Morgan fingerprint density at radius 2 is 2.07 bits per heavy atom. The molecule has 1 aromatic rings. The molecule has 5 heteroatoms. The summed E-state index contributed by atoms with van der Waals surface area (Å²) < 4.78 is 0.258. The summed E-state index contributed by atoms with van der Waals surface area (Å²) in [6.07, 6.45) is 0. The Labute approximate surface area is 111 Å². The molecule has 0 aliphatic heterocycles. The van der Waals surface area contributed by atoms with Gasteiger partial charge in [0.25, 0.3) is 0 Å². The lowest BCUT2D eigenvalue weighted by Crippen LogP contribution is -2.31. The number of benzene rings is 1. The van der Waals surface area contributed by atoms with Crippen molar-refractivity contribution < 1.29 is 4.79 Å². The van der Waals surface area contributed by atoms with E-state index in [1.54, 1.807) is 26.0 Å². The fraction of sp³-hybridized carbons (Fsp3) is 0.300. The molecule has 0 aromatic heterocycles. The van der Waals surface area contributed by atoms with Crippen LogP contribution in [0.3, 0.4) is 0 Å². The molecule has 0 atom stereocenters.